The van der Waals surface area contributed by atoms with Crippen molar-refractivity contribution in [2.45, 2.75) is 19.8 Å². The molecule has 0 heterocycles. The molecule has 0 bridgehead atoms. The Morgan fingerprint density at radius 1 is 1.36 bits per heavy atom. The summed E-state index contributed by atoms with van der Waals surface area (Å²) in [4.78, 5) is 20.0. The van der Waals surface area contributed by atoms with Crippen molar-refractivity contribution in [1.29, 1.82) is 0 Å². The zero-order chi connectivity index (χ0) is 8.15. The summed E-state index contributed by atoms with van der Waals surface area (Å²) in [7, 11) is 0. The summed E-state index contributed by atoms with van der Waals surface area (Å²) in [6.45, 7) is 1.69. The predicted octanol–water partition coefficient (Wildman–Crippen LogP) is -4.98. The SMILES string of the molecule is CCCC(C(=O)[O-])C(=O)[O-].[H+].[K+]. The van der Waals surface area contributed by atoms with Gasteiger partial charge in [0.25, 0.3) is 0 Å². The van der Waals surface area contributed by atoms with Gasteiger partial charge in [0, 0.05) is 5.92 Å². The Kier molecular flexibility index (Phi) is 9.29. The van der Waals surface area contributed by atoms with Crippen molar-refractivity contribution in [2.75, 3.05) is 0 Å². The Hall–Kier alpha value is 0.576. The third kappa shape index (κ3) is 5.80. The van der Waals surface area contributed by atoms with Gasteiger partial charge < -0.3 is 19.8 Å². The molecule has 0 atom stereocenters. The number of carbonyl (C=O) groups excluding carboxylic acids is 2. The molecule has 0 unspecified atom stereocenters. The van der Waals surface area contributed by atoms with Crippen molar-refractivity contribution in [3.8, 4) is 0 Å². The first-order chi connectivity index (χ1) is 4.59. The van der Waals surface area contributed by atoms with E-state index in [2.05, 4.69) is 0 Å². The first-order valence-corrected chi connectivity index (χ1v) is 3.01. The number of rotatable bonds is 4. The van der Waals surface area contributed by atoms with Gasteiger partial charge in [-0.05, 0) is 6.42 Å². The van der Waals surface area contributed by atoms with Crippen LogP contribution in [0, 0.1) is 5.92 Å². The maximum atomic E-state index is 10.00. The second-order valence-electron chi connectivity index (χ2n) is 1.98. The fourth-order valence-corrected chi connectivity index (χ4v) is 0.621. The number of hydrogen-bond donors (Lipinski definition) is 0. The van der Waals surface area contributed by atoms with Crippen molar-refractivity contribution in [1.82, 2.24) is 0 Å². The minimum absolute atomic E-state index is 0. The number of carboxylic acid groups (broad SMARTS) is 2. The number of aliphatic carboxylic acids is 2. The molecule has 0 saturated carbocycles. The molecule has 0 aromatic rings. The molecular weight excluding hydrogens is 175 g/mol. The van der Waals surface area contributed by atoms with E-state index in [1.807, 2.05) is 0 Å². The summed E-state index contributed by atoms with van der Waals surface area (Å²) in [5.74, 6) is -4.59. The van der Waals surface area contributed by atoms with Crippen LogP contribution in [0.4, 0.5) is 0 Å². The van der Waals surface area contributed by atoms with Crippen molar-refractivity contribution in [3.63, 3.8) is 0 Å². The predicted molar refractivity (Wildman–Crippen MR) is 29.5 cm³/mol. The Balaban J connectivity index is -0.000000405. The van der Waals surface area contributed by atoms with E-state index in [1.54, 1.807) is 6.92 Å². The van der Waals surface area contributed by atoms with E-state index < -0.39 is 17.9 Å². The fourth-order valence-electron chi connectivity index (χ4n) is 0.621. The Bertz CT molecular complexity index is 136. The van der Waals surface area contributed by atoms with Crippen LogP contribution < -0.4 is 61.6 Å². The molecule has 0 aromatic carbocycles. The van der Waals surface area contributed by atoms with Gasteiger partial charge in [0.05, 0.1) is 11.9 Å². The summed E-state index contributed by atoms with van der Waals surface area (Å²) in [6, 6.07) is 0. The molecule has 0 fully saturated rings. The first-order valence-electron chi connectivity index (χ1n) is 3.01. The van der Waals surface area contributed by atoms with Gasteiger partial charge in [0.2, 0.25) is 0 Å². The van der Waals surface area contributed by atoms with Gasteiger partial charge in [-0.25, -0.2) is 0 Å². The molecule has 0 aliphatic heterocycles. The smallest absolute Gasteiger partial charge is 0.549 e. The van der Waals surface area contributed by atoms with Crippen LogP contribution >= 0.6 is 0 Å². The van der Waals surface area contributed by atoms with E-state index in [4.69, 9.17) is 0 Å². The summed E-state index contributed by atoms with van der Waals surface area (Å²) in [6.07, 6.45) is 0.567. The molecule has 0 radical (unpaired) electrons. The summed E-state index contributed by atoms with van der Waals surface area (Å²) in [5.41, 5.74) is 0. The average Bonchev–Trinajstić information content (AvgIpc) is 1.81. The molecule has 0 saturated heterocycles. The molecule has 0 spiro atoms. The minimum Gasteiger partial charge on any atom is -0.549 e. The molecule has 0 rings (SSSR count). The van der Waals surface area contributed by atoms with Gasteiger partial charge >= 0.3 is 52.8 Å². The molecule has 0 aliphatic rings. The van der Waals surface area contributed by atoms with E-state index >= 15 is 0 Å². The van der Waals surface area contributed by atoms with E-state index in [0.29, 0.717) is 6.42 Å². The molecule has 0 aromatic heterocycles. The van der Waals surface area contributed by atoms with Gasteiger partial charge in [-0.3, -0.25) is 0 Å². The first kappa shape index (κ1) is 14.1. The fraction of sp³-hybridized carbons (Fsp3) is 0.667. The van der Waals surface area contributed by atoms with Crippen LogP contribution in [0.25, 0.3) is 0 Å². The Morgan fingerprint density at radius 2 is 1.73 bits per heavy atom. The molecular formula is C6H9KO4. The maximum absolute atomic E-state index is 10.00. The average molecular weight is 184 g/mol. The zero-order valence-corrected chi connectivity index (χ0v) is 9.75. The van der Waals surface area contributed by atoms with Crippen LogP contribution in [0.2, 0.25) is 0 Å². The standard InChI is InChI=1S/C6H10O4.K/c1-2-3-4(5(7)8)6(9)10;/h4H,2-3H2,1H3,(H,7,8)(H,9,10);/q;+1/p-1. The molecule has 0 amide bonds. The van der Waals surface area contributed by atoms with Crippen molar-refractivity contribution < 1.29 is 72.6 Å². The van der Waals surface area contributed by atoms with E-state index in [-0.39, 0.29) is 59.2 Å². The Morgan fingerprint density at radius 3 is 1.82 bits per heavy atom. The van der Waals surface area contributed by atoms with Crippen LogP contribution in [0.3, 0.4) is 0 Å². The third-order valence-corrected chi connectivity index (χ3v) is 1.15. The number of hydrogen-bond acceptors (Lipinski definition) is 4. The van der Waals surface area contributed by atoms with Gasteiger partial charge in [0.15, 0.2) is 0 Å². The number of carbonyl (C=O) groups is 2. The molecule has 0 N–H and O–H groups in total. The van der Waals surface area contributed by atoms with Crippen LogP contribution in [0.1, 0.15) is 21.2 Å². The van der Waals surface area contributed by atoms with Gasteiger partial charge in [-0.1, -0.05) is 13.3 Å². The van der Waals surface area contributed by atoms with Crippen LogP contribution in [-0.2, 0) is 9.59 Å². The molecule has 11 heavy (non-hydrogen) atoms. The second-order valence-corrected chi connectivity index (χ2v) is 1.98. The molecule has 58 valence electrons. The topological polar surface area (TPSA) is 80.3 Å². The number of carboxylic acids is 2. The van der Waals surface area contributed by atoms with Crippen LogP contribution in [-0.4, -0.2) is 11.9 Å². The monoisotopic (exact) mass is 184 g/mol. The van der Waals surface area contributed by atoms with Gasteiger partial charge in [0.1, 0.15) is 0 Å². The van der Waals surface area contributed by atoms with Crippen molar-refractivity contribution in [3.05, 3.63) is 0 Å². The van der Waals surface area contributed by atoms with Gasteiger partial charge in [-0.2, -0.15) is 0 Å². The Labute approximate surface area is 109 Å². The molecule has 5 heteroatoms. The summed E-state index contributed by atoms with van der Waals surface area (Å²) >= 11 is 0. The molecule has 0 aliphatic carbocycles. The summed E-state index contributed by atoms with van der Waals surface area (Å²) in [5, 5.41) is 20.0. The van der Waals surface area contributed by atoms with Gasteiger partial charge in [-0.15, -0.1) is 0 Å². The molecule has 4 nitrogen and oxygen atoms in total. The normalized spacial score (nSPS) is 8.91. The van der Waals surface area contributed by atoms with Crippen molar-refractivity contribution in [2.24, 2.45) is 5.92 Å². The maximum Gasteiger partial charge on any atom is 1.00 e. The van der Waals surface area contributed by atoms with E-state index in [9.17, 15) is 19.8 Å². The zero-order valence-electron chi connectivity index (χ0n) is 7.62. The van der Waals surface area contributed by atoms with E-state index in [1.165, 1.54) is 0 Å². The third-order valence-electron chi connectivity index (χ3n) is 1.15. The van der Waals surface area contributed by atoms with Crippen LogP contribution in [0.15, 0.2) is 0 Å². The largest absolute Gasteiger partial charge is 1.00 e. The van der Waals surface area contributed by atoms with Crippen LogP contribution in [0.5, 0.6) is 0 Å². The second kappa shape index (κ2) is 7.24. The summed E-state index contributed by atoms with van der Waals surface area (Å²) < 4.78 is 0. The quantitative estimate of drug-likeness (QED) is 0.324. The van der Waals surface area contributed by atoms with Crippen molar-refractivity contribution >= 4 is 11.9 Å². The van der Waals surface area contributed by atoms with E-state index in [0.717, 1.165) is 0 Å². The minimum atomic E-state index is -1.57.